The van der Waals surface area contributed by atoms with Crippen LogP contribution in [-0.4, -0.2) is 32.4 Å². The van der Waals surface area contributed by atoms with E-state index in [0.717, 1.165) is 16.5 Å². The zero-order valence-electron chi connectivity index (χ0n) is 16.1. The minimum absolute atomic E-state index is 0.244. The van der Waals surface area contributed by atoms with E-state index in [1.54, 1.807) is 39.3 Å². The lowest BCUT2D eigenvalue weighted by atomic mass is 10.1. The summed E-state index contributed by atoms with van der Waals surface area (Å²) in [4.78, 5) is 12.3. The van der Waals surface area contributed by atoms with Crippen LogP contribution >= 0.6 is 0 Å². The normalized spacial score (nSPS) is 12.0. The molecular weight excluding hydrogens is 354 g/mol. The van der Waals surface area contributed by atoms with Gasteiger partial charge in [0.15, 0.2) is 0 Å². The second kappa shape index (κ2) is 8.90. The van der Waals surface area contributed by atoms with Crippen LogP contribution in [0.15, 0.2) is 65.8 Å². The van der Waals surface area contributed by atoms with Crippen LogP contribution in [-0.2, 0) is 4.79 Å². The molecule has 0 aliphatic rings. The molecule has 0 aliphatic carbocycles. The summed E-state index contributed by atoms with van der Waals surface area (Å²) in [5.41, 5.74) is 4.13. The fourth-order valence-electron chi connectivity index (χ4n) is 2.80. The molecule has 0 saturated carbocycles. The van der Waals surface area contributed by atoms with Gasteiger partial charge in [-0.3, -0.25) is 4.79 Å². The molecule has 0 bridgehead atoms. The molecule has 0 saturated heterocycles. The molecular formula is C22H23N3O3. The Labute approximate surface area is 164 Å². The fraction of sp³-hybridized carbons (Fsp3) is 0.182. The number of nitrogens with zero attached hydrogens (tertiary/aromatic N) is 1. The van der Waals surface area contributed by atoms with Gasteiger partial charge in [-0.25, -0.2) is 5.43 Å². The molecule has 1 atom stereocenters. The monoisotopic (exact) mass is 377 g/mol. The van der Waals surface area contributed by atoms with Gasteiger partial charge in [0, 0.05) is 11.3 Å². The van der Waals surface area contributed by atoms with E-state index >= 15 is 0 Å². The Morgan fingerprint density at radius 1 is 1.00 bits per heavy atom. The van der Waals surface area contributed by atoms with Crippen molar-refractivity contribution in [2.75, 3.05) is 19.5 Å². The van der Waals surface area contributed by atoms with E-state index < -0.39 is 6.04 Å². The first-order chi connectivity index (χ1) is 13.6. The first-order valence-electron chi connectivity index (χ1n) is 8.91. The summed E-state index contributed by atoms with van der Waals surface area (Å²) in [6.45, 7) is 1.78. The molecule has 3 aromatic rings. The van der Waals surface area contributed by atoms with Gasteiger partial charge in [0.2, 0.25) is 0 Å². The third-order valence-corrected chi connectivity index (χ3v) is 4.34. The number of fused-ring (bicyclic) bond motifs is 1. The van der Waals surface area contributed by atoms with Gasteiger partial charge < -0.3 is 14.8 Å². The maximum absolute atomic E-state index is 12.3. The number of hydrogen-bond acceptors (Lipinski definition) is 5. The van der Waals surface area contributed by atoms with Crippen LogP contribution in [0, 0.1) is 0 Å². The molecule has 3 rings (SSSR count). The van der Waals surface area contributed by atoms with Crippen molar-refractivity contribution in [3.05, 3.63) is 66.2 Å². The summed E-state index contributed by atoms with van der Waals surface area (Å²) in [5, 5.41) is 9.50. The summed E-state index contributed by atoms with van der Waals surface area (Å²) < 4.78 is 10.5. The lowest BCUT2D eigenvalue weighted by molar-refractivity contribution is -0.121. The third-order valence-electron chi connectivity index (χ3n) is 4.34. The Balaban J connectivity index is 1.63. The number of amides is 1. The van der Waals surface area contributed by atoms with Crippen molar-refractivity contribution >= 4 is 28.6 Å². The number of hydrogen-bond donors (Lipinski definition) is 2. The van der Waals surface area contributed by atoms with Crippen LogP contribution < -0.4 is 20.2 Å². The molecule has 0 heterocycles. The summed E-state index contributed by atoms with van der Waals surface area (Å²) in [6, 6.07) is 19.0. The van der Waals surface area contributed by atoms with Gasteiger partial charge >= 0.3 is 0 Å². The van der Waals surface area contributed by atoms with E-state index in [1.165, 1.54) is 6.21 Å². The second-order valence-electron chi connectivity index (χ2n) is 6.27. The fourth-order valence-corrected chi connectivity index (χ4v) is 2.80. The van der Waals surface area contributed by atoms with Crippen LogP contribution in [0.3, 0.4) is 0 Å². The lowest BCUT2D eigenvalue weighted by Crippen LogP contribution is -2.34. The van der Waals surface area contributed by atoms with Crippen LogP contribution in [0.4, 0.5) is 5.69 Å². The Morgan fingerprint density at radius 2 is 1.79 bits per heavy atom. The van der Waals surface area contributed by atoms with Gasteiger partial charge in [0.1, 0.15) is 17.5 Å². The van der Waals surface area contributed by atoms with E-state index in [2.05, 4.69) is 21.9 Å². The number of anilines is 1. The Bertz CT molecular complexity index is 1000. The zero-order valence-corrected chi connectivity index (χ0v) is 16.1. The topological polar surface area (TPSA) is 72.0 Å². The highest BCUT2D eigenvalue weighted by molar-refractivity contribution is 5.89. The molecule has 144 valence electrons. The smallest absolute Gasteiger partial charge is 0.262 e. The number of rotatable bonds is 7. The largest absolute Gasteiger partial charge is 0.497 e. The maximum atomic E-state index is 12.3. The highest BCUT2D eigenvalue weighted by Gasteiger charge is 2.12. The minimum atomic E-state index is -0.453. The second-order valence-corrected chi connectivity index (χ2v) is 6.27. The van der Waals surface area contributed by atoms with Gasteiger partial charge in [-0.05, 0) is 48.0 Å². The molecule has 2 N–H and O–H groups in total. The number of hydrazone groups is 1. The maximum Gasteiger partial charge on any atom is 0.262 e. The Hall–Kier alpha value is -3.54. The van der Waals surface area contributed by atoms with Crippen LogP contribution in [0.1, 0.15) is 12.5 Å². The number of carbonyl (C=O) groups is 1. The Kier molecular flexibility index (Phi) is 6.11. The molecule has 0 fully saturated rings. The molecule has 6 nitrogen and oxygen atoms in total. The van der Waals surface area contributed by atoms with Gasteiger partial charge in [-0.15, -0.1) is 0 Å². The quantitative estimate of drug-likeness (QED) is 0.485. The van der Waals surface area contributed by atoms with Crippen molar-refractivity contribution in [1.82, 2.24) is 5.43 Å². The number of nitrogens with one attached hydrogen (secondary N) is 2. The predicted molar refractivity (Wildman–Crippen MR) is 112 cm³/mol. The summed E-state index contributed by atoms with van der Waals surface area (Å²) in [6.07, 6.45) is 1.53. The zero-order chi connectivity index (χ0) is 19.9. The Morgan fingerprint density at radius 3 is 2.54 bits per heavy atom. The predicted octanol–water partition coefficient (Wildman–Crippen LogP) is 3.81. The number of ether oxygens (including phenoxy) is 2. The third kappa shape index (κ3) is 4.59. The van der Waals surface area contributed by atoms with E-state index in [1.807, 2.05) is 36.4 Å². The first kappa shape index (κ1) is 19.2. The van der Waals surface area contributed by atoms with Gasteiger partial charge in [0.25, 0.3) is 5.91 Å². The van der Waals surface area contributed by atoms with Gasteiger partial charge in [-0.1, -0.05) is 30.3 Å². The van der Waals surface area contributed by atoms with Crippen molar-refractivity contribution < 1.29 is 14.3 Å². The average molecular weight is 377 g/mol. The van der Waals surface area contributed by atoms with E-state index in [0.29, 0.717) is 17.1 Å². The standard InChI is InChI=1S/C22H23N3O3/c1-15(24-19-9-8-16-6-4-5-7-17(16)12-19)22(26)25-23-14-18-13-20(27-2)10-11-21(18)28-3/h4-15,24H,1-3H3,(H,25,26)/b23-14+. The van der Waals surface area contributed by atoms with Crippen molar-refractivity contribution in [2.24, 2.45) is 5.10 Å². The van der Waals surface area contributed by atoms with Crippen molar-refractivity contribution in [3.63, 3.8) is 0 Å². The average Bonchev–Trinajstić information content (AvgIpc) is 2.73. The molecule has 3 aromatic carbocycles. The first-order valence-corrected chi connectivity index (χ1v) is 8.91. The SMILES string of the molecule is COc1ccc(OC)c(/C=N/NC(=O)C(C)Nc2ccc3ccccc3c2)c1. The number of methoxy groups -OCH3 is 2. The van der Waals surface area contributed by atoms with Crippen LogP contribution in [0.25, 0.3) is 10.8 Å². The van der Waals surface area contributed by atoms with E-state index in [-0.39, 0.29) is 5.91 Å². The molecule has 0 aromatic heterocycles. The van der Waals surface area contributed by atoms with Crippen LogP contribution in [0.2, 0.25) is 0 Å². The number of benzene rings is 3. The van der Waals surface area contributed by atoms with E-state index in [4.69, 9.17) is 9.47 Å². The molecule has 1 unspecified atom stereocenters. The van der Waals surface area contributed by atoms with Crippen LogP contribution in [0.5, 0.6) is 11.5 Å². The molecule has 28 heavy (non-hydrogen) atoms. The number of carbonyl (C=O) groups excluding carboxylic acids is 1. The summed E-state index contributed by atoms with van der Waals surface area (Å²) in [5.74, 6) is 1.08. The summed E-state index contributed by atoms with van der Waals surface area (Å²) in [7, 11) is 3.16. The van der Waals surface area contributed by atoms with Crippen molar-refractivity contribution in [3.8, 4) is 11.5 Å². The minimum Gasteiger partial charge on any atom is -0.497 e. The highest BCUT2D eigenvalue weighted by atomic mass is 16.5. The molecule has 1 amide bonds. The highest BCUT2D eigenvalue weighted by Crippen LogP contribution is 2.22. The molecule has 0 aliphatic heterocycles. The molecule has 0 radical (unpaired) electrons. The van der Waals surface area contributed by atoms with E-state index in [9.17, 15) is 4.79 Å². The molecule has 0 spiro atoms. The summed E-state index contributed by atoms with van der Waals surface area (Å²) >= 11 is 0. The lowest BCUT2D eigenvalue weighted by Gasteiger charge is -2.14. The van der Waals surface area contributed by atoms with Crippen molar-refractivity contribution in [2.45, 2.75) is 13.0 Å². The van der Waals surface area contributed by atoms with Crippen molar-refractivity contribution in [1.29, 1.82) is 0 Å². The molecule has 6 heteroatoms. The van der Waals surface area contributed by atoms with Gasteiger partial charge in [0.05, 0.1) is 20.4 Å². The van der Waals surface area contributed by atoms with Gasteiger partial charge in [-0.2, -0.15) is 5.10 Å².